The fourth-order valence-electron chi connectivity index (χ4n) is 4.78. The number of aromatic nitrogens is 2. The van der Waals surface area contributed by atoms with Crippen molar-refractivity contribution in [2.24, 2.45) is 0 Å². The van der Waals surface area contributed by atoms with Gasteiger partial charge in [-0.25, -0.2) is 4.98 Å². The Morgan fingerprint density at radius 1 is 0.837 bits per heavy atom. The lowest BCUT2D eigenvalue weighted by Crippen LogP contribution is -2.61. The first-order valence-electron chi connectivity index (χ1n) is 13.7. The average molecular weight is 615 g/mol. The van der Waals surface area contributed by atoms with Crippen molar-refractivity contribution in [3.8, 4) is 5.75 Å². The van der Waals surface area contributed by atoms with Crippen LogP contribution in [0.4, 0.5) is 0 Å². The standard InChI is InChI=1S/C30H34N2O10S/c1-6-37-24-14-10-7-11-21(24)15-32-23-13-9-8-12-22(23)31-30(32)43-29-28(41-20(5)36)27(40-19(4)35)26(39-18(3)34)25(42-29)16-38-17(2)33/h7-14,25-29H,6,15-16H2,1-5H3. The monoisotopic (exact) mass is 614 g/mol. The van der Waals surface area contributed by atoms with E-state index in [2.05, 4.69) is 0 Å². The van der Waals surface area contributed by atoms with Gasteiger partial charge in [0.15, 0.2) is 28.9 Å². The molecule has 0 bridgehead atoms. The number of carbonyl (C=O) groups is 4. The molecule has 2 heterocycles. The van der Waals surface area contributed by atoms with Gasteiger partial charge < -0.3 is 33.0 Å². The highest BCUT2D eigenvalue weighted by molar-refractivity contribution is 7.99. The van der Waals surface area contributed by atoms with Crippen LogP contribution in [0.25, 0.3) is 11.0 Å². The third-order valence-corrected chi connectivity index (χ3v) is 7.52. The third kappa shape index (κ3) is 8.05. The highest BCUT2D eigenvalue weighted by Crippen LogP contribution is 2.39. The summed E-state index contributed by atoms with van der Waals surface area (Å²) in [6, 6.07) is 15.2. The molecule has 1 aromatic heterocycles. The van der Waals surface area contributed by atoms with Crippen molar-refractivity contribution in [1.29, 1.82) is 0 Å². The molecule has 1 saturated heterocycles. The number of fused-ring (bicyclic) bond motifs is 1. The fourth-order valence-corrected chi connectivity index (χ4v) is 5.98. The maximum atomic E-state index is 12.3. The van der Waals surface area contributed by atoms with E-state index in [0.717, 1.165) is 28.6 Å². The maximum Gasteiger partial charge on any atom is 0.303 e. The molecular weight excluding hydrogens is 580 g/mol. The molecule has 0 N–H and O–H groups in total. The Morgan fingerprint density at radius 3 is 2.14 bits per heavy atom. The van der Waals surface area contributed by atoms with Crippen molar-refractivity contribution in [2.45, 2.75) is 76.2 Å². The van der Waals surface area contributed by atoms with Gasteiger partial charge in [-0.15, -0.1) is 0 Å². The van der Waals surface area contributed by atoms with Crippen LogP contribution < -0.4 is 4.74 Å². The molecule has 0 saturated carbocycles. The van der Waals surface area contributed by atoms with Gasteiger partial charge in [-0.3, -0.25) is 19.2 Å². The van der Waals surface area contributed by atoms with Crippen molar-refractivity contribution < 1.29 is 47.6 Å². The molecule has 5 atom stereocenters. The van der Waals surface area contributed by atoms with Gasteiger partial charge in [0, 0.05) is 33.3 Å². The minimum absolute atomic E-state index is 0.312. The number of esters is 4. The molecule has 13 heteroatoms. The van der Waals surface area contributed by atoms with Crippen LogP contribution in [0.3, 0.4) is 0 Å². The minimum atomic E-state index is -1.27. The predicted octanol–water partition coefficient (Wildman–Crippen LogP) is 3.66. The van der Waals surface area contributed by atoms with Gasteiger partial charge >= 0.3 is 23.9 Å². The molecule has 0 amide bonds. The third-order valence-electron chi connectivity index (χ3n) is 6.39. The highest BCUT2D eigenvalue weighted by atomic mass is 32.2. The second kappa shape index (κ2) is 14.4. The molecule has 230 valence electrons. The number of carbonyl (C=O) groups excluding carboxylic acids is 4. The second-order valence-electron chi connectivity index (χ2n) is 9.70. The van der Waals surface area contributed by atoms with Crippen molar-refractivity contribution in [1.82, 2.24) is 9.55 Å². The Balaban J connectivity index is 1.78. The van der Waals surface area contributed by atoms with E-state index in [1.165, 1.54) is 27.7 Å². The van der Waals surface area contributed by atoms with E-state index in [1.807, 2.05) is 60.0 Å². The zero-order valence-electron chi connectivity index (χ0n) is 24.5. The SMILES string of the molecule is CCOc1ccccc1Cn1c(SC2OC(COC(C)=O)C(OC(C)=O)C(OC(C)=O)C2OC(C)=O)nc2ccccc21. The second-order valence-corrected chi connectivity index (χ2v) is 10.8. The van der Waals surface area contributed by atoms with Crippen molar-refractivity contribution >= 4 is 46.7 Å². The van der Waals surface area contributed by atoms with Crippen LogP contribution in [0.15, 0.2) is 53.7 Å². The van der Waals surface area contributed by atoms with Crippen LogP contribution >= 0.6 is 11.8 Å². The molecular formula is C30H34N2O10S. The van der Waals surface area contributed by atoms with E-state index in [1.54, 1.807) is 0 Å². The molecule has 0 aliphatic carbocycles. The van der Waals surface area contributed by atoms with E-state index in [-0.39, 0.29) is 6.61 Å². The smallest absolute Gasteiger partial charge is 0.303 e. The van der Waals surface area contributed by atoms with Crippen LogP contribution in [0.1, 0.15) is 40.2 Å². The van der Waals surface area contributed by atoms with E-state index in [9.17, 15) is 19.2 Å². The highest BCUT2D eigenvalue weighted by Gasteiger charge is 2.52. The topological polar surface area (TPSA) is 141 Å². The molecule has 3 aromatic rings. The molecule has 1 fully saturated rings. The van der Waals surface area contributed by atoms with E-state index < -0.39 is 53.7 Å². The zero-order chi connectivity index (χ0) is 31.1. The first-order chi connectivity index (χ1) is 20.6. The van der Waals surface area contributed by atoms with Crippen LogP contribution in [-0.2, 0) is 49.4 Å². The molecule has 0 spiro atoms. The maximum absolute atomic E-state index is 12.3. The normalized spacial score (nSPS) is 21.6. The summed E-state index contributed by atoms with van der Waals surface area (Å²) in [7, 11) is 0. The molecule has 2 aromatic carbocycles. The average Bonchev–Trinajstić information content (AvgIpc) is 3.28. The number of nitrogens with zero attached hydrogens (tertiary/aromatic N) is 2. The summed E-state index contributed by atoms with van der Waals surface area (Å²) in [5.41, 5.74) is 1.45. The lowest BCUT2D eigenvalue weighted by Gasteiger charge is -2.44. The van der Waals surface area contributed by atoms with Crippen LogP contribution in [0, 0.1) is 0 Å². The Morgan fingerprint density at radius 2 is 1.47 bits per heavy atom. The summed E-state index contributed by atoms with van der Waals surface area (Å²) in [5, 5.41) is 0.508. The van der Waals surface area contributed by atoms with E-state index in [0.29, 0.717) is 23.8 Å². The lowest BCUT2D eigenvalue weighted by atomic mass is 9.99. The Labute approximate surface area is 252 Å². The zero-order valence-corrected chi connectivity index (χ0v) is 25.3. The van der Waals surface area contributed by atoms with Gasteiger partial charge in [-0.05, 0) is 25.1 Å². The number of benzene rings is 2. The number of hydrogen-bond acceptors (Lipinski definition) is 12. The molecule has 1 aliphatic rings. The Bertz CT molecular complexity index is 1470. The minimum Gasteiger partial charge on any atom is -0.494 e. The molecule has 4 rings (SSSR count). The van der Waals surface area contributed by atoms with Crippen LogP contribution in [0.5, 0.6) is 5.75 Å². The molecule has 0 radical (unpaired) electrons. The van der Waals surface area contributed by atoms with Gasteiger partial charge in [0.2, 0.25) is 0 Å². The Hall–Kier alpha value is -4.10. The number of para-hydroxylation sites is 3. The lowest BCUT2D eigenvalue weighted by molar-refractivity contribution is -0.237. The summed E-state index contributed by atoms with van der Waals surface area (Å²) in [6.45, 7) is 7.28. The van der Waals surface area contributed by atoms with Gasteiger partial charge in [0.25, 0.3) is 0 Å². The predicted molar refractivity (Wildman–Crippen MR) is 154 cm³/mol. The summed E-state index contributed by atoms with van der Waals surface area (Å²) < 4.78 is 36.0. The fraction of sp³-hybridized carbons (Fsp3) is 0.433. The molecule has 5 unspecified atom stereocenters. The number of thioether (sulfide) groups is 1. The first kappa shape index (κ1) is 31.8. The van der Waals surface area contributed by atoms with Crippen LogP contribution in [0.2, 0.25) is 0 Å². The van der Waals surface area contributed by atoms with E-state index in [4.69, 9.17) is 33.4 Å². The Kier molecular flexibility index (Phi) is 10.6. The van der Waals surface area contributed by atoms with Gasteiger partial charge in [0.05, 0.1) is 24.2 Å². The van der Waals surface area contributed by atoms with Gasteiger partial charge in [0.1, 0.15) is 18.5 Å². The summed E-state index contributed by atoms with van der Waals surface area (Å²) in [6.07, 6.45) is -4.78. The van der Waals surface area contributed by atoms with E-state index >= 15 is 0 Å². The summed E-state index contributed by atoms with van der Waals surface area (Å²) in [4.78, 5) is 53.1. The first-order valence-corrected chi connectivity index (χ1v) is 14.6. The van der Waals surface area contributed by atoms with Crippen molar-refractivity contribution in [2.75, 3.05) is 13.2 Å². The largest absolute Gasteiger partial charge is 0.494 e. The van der Waals surface area contributed by atoms with Gasteiger partial charge in [-0.1, -0.05) is 42.1 Å². The molecule has 1 aliphatic heterocycles. The number of rotatable bonds is 11. The quantitative estimate of drug-likeness (QED) is 0.230. The molecule has 43 heavy (non-hydrogen) atoms. The van der Waals surface area contributed by atoms with Gasteiger partial charge in [-0.2, -0.15) is 0 Å². The number of ether oxygens (including phenoxy) is 6. The summed E-state index contributed by atoms with van der Waals surface area (Å²) >= 11 is 1.13. The van der Waals surface area contributed by atoms with Crippen molar-refractivity contribution in [3.63, 3.8) is 0 Å². The molecule has 12 nitrogen and oxygen atoms in total. The summed E-state index contributed by atoms with van der Waals surface area (Å²) in [5.74, 6) is -1.92. The van der Waals surface area contributed by atoms with Crippen molar-refractivity contribution in [3.05, 3.63) is 54.1 Å². The number of imidazole rings is 1. The van der Waals surface area contributed by atoms with Crippen LogP contribution in [-0.4, -0.2) is 76.5 Å². The number of hydrogen-bond donors (Lipinski definition) is 0.